The summed E-state index contributed by atoms with van der Waals surface area (Å²) in [5.74, 6) is -0.411. The minimum atomic E-state index is -4.80. The van der Waals surface area contributed by atoms with Crippen LogP contribution in [0.5, 0.6) is 0 Å². The second-order valence-electron chi connectivity index (χ2n) is 13.2. The molecule has 2 fully saturated rings. The summed E-state index contributed by atoms with van der Waals surface area (Å²) in [7, 11) is 1.61. The number of anilines is 2. The number of likely N-dealkylation sites (tertiary alicyclic amines) is 1. The van der Waals surface area contributed by atoms with Crippen molar-refractivity contribution in [1.29, 1.82) is 5.26 Å². The first kappa shape index (κ1) is 33.5. The van der Waals surface area contributed by atoms with Gasteiger partial charge in [0.2, 0.25) is 0 Å². The predicted octanol–water partition coefficient (Wildman–Crippen LogP) is 6.84. The number of hydrogen-bond acceptors (Lipinski definition) is 8. The van der Waals surface area contributed by atoms with Crippen LogP contribution in [-0.2, 0) is 32.5 Å². The molecule has 0 unspecified atom stereocenters. The molecule has 7 rings (SSSR count). The molecule has 1 saturated carbocycles. The molecular formula is C34H31F6N9O. The molecule has 10 nitrogen and oxygen atoms in total. The highest BCUT2D eigenvalue weighted by atomic mass is 19.4. The Morgan fingerprint density at radius 1 is 1.00 bits per heavy atom. The monoisotopic (exact) mass is 695 g/mol. The van der Waals surface area contributed by atoms with Crippen molar-refractivity contribution < 1.29 is 31.1 Å². The maximum absolute atomic E-state index is 14.5. The van der Waals surface area contributed by atoms with E-state index in [1.807, 2.05) is 6.07 Å². The number of unbranched alkanes of at least 4 members (excludes halogenated alkanes) is 1. The van der Waals surface area contributed by atoms with Crippen molar-refractivity contribution in [1.82, 2.24) is 29.6 Å². The van der Waals surface area contributed by atoms with Crippen LogP contribution in [0.4, 0.5) is 38.0 Å². The molecule has 16 heteroatoms. The highest BCUT2D eigenvalue weighted by Crippen LogP contribution is 2.53. The minimum absolute atomic E-state index is 0.0358. The maximum Gasteiger partial charge on any atom is 0.433 e. The normalized spacial score (nSPS) is 17.0. The lowest BCUT2D eigenvalue weighted by Crippen LogP contribution is -2.24. The Kier molecular flexibility index (Phi) is 8.28. The molecular weight excluding hydrogens is 664 g/mol. The van der Waals surface area contributed by atoms with Crippen LogP contribution in [-0.4, -0.2) is 55.2 Å². The van der Waals surface area contributed by atoms with Crippen LogP contribution in [0, 0.1) is 16.7 Å². The number of carbonyl (C=O) groups is 1. The Hall–Kier alpha value is -5.04. The van der Waals surface area contributed by atoms with E-state index in [9.17, 15) is 31.1 Å². The van der Waals surface area contributed by atoms with Gasteiger partial charge in [-0.25, -0.2) is 4.98 Å². The van der Waals surface area contributed by atoms with Crippen molar-refractivity contribution in [3.63, 3.8) is 0 Å². The molecule has 260 valence electrons. The van der Waals surface area contributed by atoms with Gasteiger partial charge >= 0.3 is 12.4 Å². The van der Waals surface area contributed by atoms with E-state index in [0.29, 0.717) is 12.0 Å². The van der Waals surface area contributed by atoms with Gasteiger partial charge in [0, 0.05) is 50.4 Å². The second-order valence-corrected chi connectivity index (χ2v) is 13.2. The smallest absolute Gasteiger partial charge is 0.370 e. The third-order valence-electron chi connectivity index (χ3n) is 9.61. The number of aromatic nitrogens is 5. The highest BCUT2D eigenvalue weighted by Gasteiger charge is 2.48. The Labute approximate surface area is 282 Å². The van der Waals surface area contributed by atoms with Gasteiger partial charge in [0.1, 0.15) is 23.7 Å². The first-order valence-electron chi connectivity index (χ1n) is 16.1. The number of nitriles is 1. The Balaban J connectivity index is 1.31. The van der Waals surface area contributed by atoms with Crippen molar-refractivity contribution in [3.05, 3.63) is 70.8 Å². The first-order valence-corrected chi connectivity index (χ1v) is 16.1. The quantitative estimate of drug-likeness (QED) is 0.150. The number of alkyl halides is 6. The number of nitrogens with zero attached hydrogens (tertiary/aromatic N) is 8. The zero-order valence-corrected chi connectivity index (χ0v) is 26.9. The summed E-state index contributed by atoms with van der Waals surface area (Å²) in [5, 5.41) is 19.9. The van der Waals surface area contributed by atoms with Gasteiger partial charge in [0.25, 0.3) is 5.91 Å². The summed E-state index contributed by atoms with van der Waals surface area (Å²) in [6.07, 6.45) is -3.26. The van der Waals surface area contributed by atoms with Gasteiger partial charge < -0.3 is 9.88 Å². The van der Waals surface area contributed by atoms with E-state index in [4.69, 9.17) is 5.26 Å². The molecule has 1 aliphatic carbocycles. The van der Waals surface area contributed by atoms with Gasteiger partial charge in [0.05, 0.1) is 18.2 Å². The van der Waals surface area contributed by atoms with Crippen molar-refractivity contribution in [3.8, 4) is 28.6 Å². The van der Waals surface area contributed by atoms with E-state index < -0.39 is 36.1 Å². The van der Waals surface area contributed by atoms with Crippen LogP contribution in [0.1, 0.15) is 64.8 Å². The Morgan fingerprint density at radius 2 is 1.80 bits per heavy atom. The van der Waals surface area contributed by atoms with Gasteiger partial charge in [0.15, 0.2) is 5.82 Å². The lowest BCUT2D eigenvalue weighted by Gasteiger charge is -2.19. The molecule has 2 aliphatic heterocycles. The van der Waals surface area contributed by atoms with Crippen molar-refractivity contribution in [2.45, 2.75) is 57.5 Å². The van der Waals surface area contributed by atoms with Crippen LogP contribution < -0.4 is 10.2 Å². The summed E-state index contributed by atoms with van der Waals surface area (Å²) in [5.41, 5.74) is -1.30. The molecule has 4 aromatic rings. The van der Waals surface area contributed by atoms with E-state index in [0.717, 1.165) is 55.6 Å². The fourth-order valence-electron chi connectivity index (χ4n) is 6.84. The predicted molar refractivity (Wildman–Crippen MR) is 169 cm³/mol. The SMILES string of the molecule is Cn1cnnc1-c1cnc(C(F)(F)F)cc1-c1cc(NCCCC#N)nc(N2Cc3c(cc(CN4CCC5(CC5)C4)cc3C(F)(F)F)C2=O)c1. The Morgan fingerprint density at radius 3 is 2.46 bits per heavy atom. The van der Waals surface area contributed by atoms with Gasteiger partial charge in [-0.3, -0.25) is 19.6 Å². The number of amides is 1. The lowest BCUT2D eigenvalue weighted by molar-refractivity contribution is -0.141. The average Bonchev–Trinajstić information content (AvgIpc) is 3.32. The average molecular weight is 696 g/mol. The number of pyridine rings is 2. The van der Waals surface area contributed by atoms with Gasteiger partial charge in [-0.1, -0.05) is 0 Å². The van der Waals surface area contributed by atoms with Gasteiger partial charge in [-0.05, 0) is 90.2 Å². The highest BCUT2D eigenvalue weighted by molar-refractivity contribution is 6.10. The molecule has 3 aliphatic rings. The summed E-state index contributed by atoms with van der Waals surface area (Å²) < 4.78 is 86.8. The molecule has 50 heavy (non-hydrogen) atoms. The third-order valence-corrected chi connectivity index (χ3v) is 9.61. The van der Waals surface area contributed by atoms with E-state index in [2.05, 4.69) is 30.4 Å². The fraction of sp³-hybridized carbons (Fsp3) is 0.412. The number of carbonyl (C=O) groups excluding carboxylic acids is 1. The van der Waals surface area contributed by atoms with Crippen LogP contribution >= 0.6 is 0 Å². The molecule has 1 aromatic carbocycles. The van der Waals surface area contributed by atoms with Gasteiger partial charge in [-0.15, -0.1) is 10.2 Å². The minimum Gasteiger partial charge on any atom is -0.370 e. The molecule has 1 N–H and O–H groups in total. The van der Waals surface area contributed by atoms with Crippen LogP contribution in [0.2, 0.25) is 0 Å². The van der Waals surface area contributed by atoms with Crippen molar-refractivity contribution in [2.24, 2.45) is 12.5 Å². The third kappa shape index (κ3) is 6.49. The van der Waals surface area contributed by atoms with E-state index in [-0.39, 0.29) is 70.2 Å². The summed E-state index contributed by atoms with van der Waals surface area (Å²) in [6, 6.07) is 8.34. The summed E-state index contributed by atoms with van der Waals surface area (Å²) >= 11 is 0. The van der Waals surface area contributed by atoms with Crippen molar-refractivity contribution >= 4 is 17.5 Å². The van der Waals surface area contributed by atoms with E-state index in [1.165, 1.54) is 29.1 Å². The maximum atomic E-state index is 14.5. The number of benzene rings is 1. The molecule has 5 heterocycles. The van der Waals surface area contributed by atoms with Crippen molar-refractivity contribution in [2.75, 3.05) is 29.9 Å². The summed E-state index contributed by atoms with van der Waals surface area (Å²) in [4.78, 5) is 25.4. The molecule has 0 atom stereocenters. The zero-order valence-electron chi connectivity index (χ0n) is 26.9. The topological polar surface area (TPSA) is 116 Å². The first-order chi connectivity index (χ1) is 23.7. The van der Waals surface area contributed by atoms with E-state index >= 15 is 0 Å². The van der Waals surface area contributed by atoms with Crippen LogP contribution in [0.25, 0.3) is 22.5 Å². The zero-order chi connectivity index (χ0) is 35.4. The second kappa shape index (κ2) is 12.4. The number of halogens is 6. The van der Waals surface area contributed by atoms with E-state index in [1.54, 1.807) is 7.05 Å². The lowest BCUT2D eigenvalue weighted by atomic mass is 9.98. The molecule has 1 saturated heterocycles. The van der Waals surface area contributed by atoms with Crippen LogP contribution in [0.3, 0.4) is 0 Å². The molecule has 3 aromatic heterocycles. The Bertz CT molecular complexity index is 2010. The van der Waals surface area contributed by atoms with Gasteiger partial charge in [-0.2, -0.15) is 31.6 Å². The molecule has 1 spiro atoms. The summed E-state index contributed by atoms with van der Waals surface area (Å²) in [6.45, 7) is 1.69. The molecule has 1 amide bonds. The number of hydrogen-bond donors (Lipinski definition) is 1. The standard InChI is InChI=1S/C34H31F6N9O/c1-47-19-44-46-30(47)24-15-43-27(34(38,39)40)14-22(24)21-12-28(42-8-3-2-7-41)45-29(13-21)49-17-25-23(31(49)50)10-20(11-26(25)33(35,36)37)16-48-9-6-32(18-48)4-5-32/h10-15,19H,2-6,8-9,16-18H2,1H3,(H,42,45). The number of rotatable bonds is 9. The number of aryl methyl sites for hydroxylation is 1. The fourth-order valence-corrected chi connectivity index (χ4v) is 6.84. The molecule has 0 bridgehead atoms. The number of fused-ring (bicyclic) bond motifs is 1. The largest absolute Gasteiger partial charge is 0.433 e. The van der Waals surface area contributed by atoms with Crippen LogP contribution in [0.15, 0.2) is 42.9 Å². The molecule has 0 radical (unpaired) electrons. The number of nitrogens with one attached hydrogen (secondary N) is 1.